The Bertz CT molecular complexity index is 409. The van der Waals surface area contributed by atoms with Crippen LogP contribution in [0.1, 0.15) is 18.4 Å². The summed E-state index contributed by atoms with van der Waals surface area (Å²) in [4.78, 5) is 5.44. The molecule has 0 radical (unpaired) electrons. The summed E-state index contributed by atoms with van der Waals surface area (Å²) in [6.45, 7) is 0.684. The summed E-state index contributed by atoms with van der Waals surface area (Å²) >= 11 is 0. The number of rotatable bonds is 3. The van der Waals surface area contributed by atoms with Gasteiger partial charge in [-0.1, -0.05) is 6.07 Å². The Morgan fingerprint density at radius 2 is 2.28 bits per heavy atom. The van der Waals surface area contributed by atoms with Crippen LogP contribution in [0.2, 0.25) is 0 Å². The van der Waals surface area contributed by atoms with Gasteiger partial charge in [0.2, 0.25) is 5.88 Å². The highest BCUT2D eigenvalue weighted by Gasteiger charge is 2.45. The van der Waals surface area contributed by atoms with Gasteiger partial charge in [0.25, 0.3) is 0 Å². The number of pyridine rings is 1. The molecule has 0 saturated carbocycles. The van der Waals surface area contributed by atoms with Crippen LogP contribution in [0, 0.1) is 0 Å². The van der Waals surface area contributed by atoms with E-state index in [0.29, 0.717) is 24.4 Å². The molecular formula is C12H15F3N2O. The molecule has 0 aromatic carbocycles. The van der Waals surface area contributed by atoms with Gasteiger partial charge in [-0.3, -0.25) is 4.90 Å². The van der Waals surface area contributed by atoms with E-state index in [0.717, 1.165) is 0 Å². The molecule has 18 heavy (non-hydrogen) atoms. The van der Waals surface area contributed by atoms with Crippen molar-refractivity contribution in [1.82, 2.24) is 9.88 Å². The lowest BCUT2D eigenvalue weighted by atomic mass is 10.2. The molecule has 1 aromatic heterocycles. The van der Waals surface area contributed by atoms with Gasteiger partial charge in [0.05, 0.1) is 7.11 Å². The highest BCUT2D eigenvalue weighted by molar-refractivity contribution is 5.25. The number of ether oxygens (including phenoxy) is 1. The molecule has 0 bridgehead atoms. The van der Waals surface area contributed by atoms with Gasteiger partial charge in [-0.2, -0.15) is 13.2 Å². The summed E-state index contributed by atoms with van der Waals surface area (Å²) in [7, 11) is 1.47. The fourth-order valence-electron chi connectivity index (χ4n) is 2.33. The second-order valence-electron chi connectivity index (χ2n) is 4.34. The number of alkyl halides is 3. The van der Waals surface area contributed by atoms with E-state index in [1.807, 2.05) is 0 Å². The Kier molecular flexibility index (Phi) is 3.75. The monoisotopic (exact) mass is 260 g/mol. The molecule has 1 fully saturated rings. The minimum atomic E-state index is -4.16. The molecule has 0 aliphatic carbocycles. The van der Waals surface area contributed by atoms with Crippen molar-refractivity contribution in [2.24, 2.45) is 0 Å². The van der Waals surface area contributed by atoms with Crippen molar-refractivity contribution in [2.75, 3.05) is 13.7 Å². The predicted octanol–water partition coefficient (Wildman–Crippen LogP) is 2.62. The topological polar surface area (TPSA) is 25.4 Å². The van der Waals surface area contributed by atoms with Crippen LogP contribution in [-0.4, -0.2) is 35.8 Å². The minimum absolute atomic E-state index is 0.173. The first-order valence-electron chi connectivity index (χ1n) is 5.81. The van der Waals surface area contributed by atoms with Gasteiger partial charge in [-0.05, 0) is 25.5 Å². The maximum atomic E-state index is 12.8. The van der Waals surface area contributed by atoms with E-state index in [2.05, 4.69) is 4.98 Å². The summed E-state index contributed by atoms with van der Waals surface area (Å²) in [5.41, 5.74) is 0.691. The molecule has 1 aliphatic heterocycles. The number of nitrogens with zero attached hydrogens (tertiary/aromatic N) is 2. The van der Waals surface area contributed by atoms with Gasteiger partial charge >= 0.3 is 6.18 Å². The highest BCUT2D eigenvalue weighted by Crippen LogP contribution is 2.34. The van der Waals surface area contributed by atoms with E-state index in [1.165, 1.54) is 12.0 Å². The highest BCUT2D eigenvalue weighted by atomic mass is 19.4. The number of hydrogen-bond acceptors (Lipinski definition) is 3. The van der Waals surface area contributed by atoms with E-state index < -0.39 is 12.2 Å². The van der Waals surface area contributed by atoms with Crippen LogP contribution in [0.3, 0.4) is 0 Å². The standard InChI is InChI=1S/C12H15F3N2O/c1-18-11-9(4-2-6-16-11)8-17-7-3-5-10(17)12(13,14)15/h2,4,6,10H,3,5,7-8H2,1H3/t10-/m0/s1. The molecule has 0 N–H and O–H groups in total. The Labute approximate surface area is 104 Å². The van der Waals surface area contributed by atoms with Gasteiger partial charge in [0.1, 0.15) is 6.04 Å². The van der Waals surface area contributed by atoms with Gasteiger partial charge < -0.3 is 4.74 Å². The van der Waals surface area contributed by atoms with Crippen molar-refractivity contribution in [1.29, 1.82) is 0 Å². The Hall–Kier alpha value is -1.30. The fraction of sp³-hybridized carbons (Fsp3) is 0.583. The smallest absolute Gasteiger partial charge is 0.404 e. The maximum absolute atomic E-state index is 12.8. The molecule has 2 heterocycles. The Morgan fingerprint density at radius 1 is 1.50 bits per heavy atom. The third-order valence-corrected chi connectivity index (χ3v) is 3.16. The van der Waals surface area contributed by atoms with Crippen LogP contribution < -0.4 is 4.74 Å². The number of likely N-dealkylation sites (tertiary alicyclic amines) is 1. The van der Waals surface area contributed by atoms with Crippen molar-refractivity contribution in [2.45, 2.75) is 31.6 Å². The van der Waals surface area contributed by atoms with E-state index >= 15 is 0 Å². The third kappa shape index (κ3) is 2.75. The molecule has 0 spiro atoms. The first kappa shape index (κ1) is 13.1. The summed E-state index contributed by atoms with van der Waals surface area (Å²) in [6, 6.07) is 2.11. The molecule has 1 aromatic rings. The number of aromatic nitrogens is 1. The quantitative estimate of drug-likeness (QED) is 0.835. The van der Waals surface area contributed by atoms with E-state index in [4.69, 9.17) is 4.74 Å². The second kappa shape index (κ2) is 5.14. The number of halogens is 3. The molecule has 1 atom stereocenters. The van der Waals surface area contributed by atoms with Crippen molar-refractivity contribution < 1.29 is 17.9 Å². The maximum Gasteiger partial charge on any atom is 0.404 e. The van der Waals surface area contributed by atoms with Gasteiger partial charge in [0, 0.05) is 18.3 Å². The third-order valence-electron chi connectivity index (χ3n) is 3.16. The van der Waals surface area contributed by atoms with Crippen molar-refractivity contribution >= 4 is 0 Å². The summed E-state index contributed by atoms with van der Waals surface area (Å²) < 4.78 is 43.5. The number of methoxy groups -OCH3 is 1. The van der Waals surface area contributed by atoms with Crippen LogP contribution in [0.25, 0.3) is 0 Å². The average Bonchev–Trinajstić information content (AvgIpc) is 2.78. The lowest BCUT2D eigenvalue weighted by Gasteiger charge is -2.26. The van der Waals surface area contributed by atoms with Crippen molar-refractivity contribution in [3.63, 3.8) is 0 Å². The SMILES string of the molecule is COc1ncccc1CN1CCC[C@H]1C(F)(F)F. The first-order valence-corrected chi connectivity index (χ1v) is 5.81. The van der Waals surface area contributed by atoms with Gasteiger partial charge in [-0.15, -0.1) is 0 Å². The van der Waals surface area contributed by atoms with Crippen LogP contribution in [-0.2, 0) is 6.54 Å². The average molecular weight is 260 g/mol. The zero-order valence-electron chi connectivity index (χ0n) is 10.1. The molecule has 1 aliphatic rings. The lowest BCUT2D eigenvalue weighted by Crippen LogP contribution is -2.40. The van der Waals surface area contributed by atoms with Gasteiger partial charge in [0.15, 0.2) is 0 Å². The molecule has 1 saturated heterocycles. The Morgan fingerprint density at radius 3 is 2.94 bits per heavy atom. The van der Waals surface area contributed by atoms with E-state index in [1.54, 1.807) is 18.3 Å². The van der Waals surface area contributed by atoms with Crippen LogP contribution in [0.15, 0.2) is 18.3 Å². The number of hydrogen-bond donors (Lipinski definition) is 0. The van der Waals surface area contributed by atoms with Gasteiger partial charge in [-0.25, -0.2) is 4.98 Å². The molecule has 2 rings (SSSR count). The van der Waals surface area contributed by atoms with Crippen LogP contribution >= 0.6 is 0 Å². The fourth-order valence-corrected chi connectivity index (χ4v) is 2.33. The molecule has 100 valence electrons. The van der Waals surface area contributed by atoms with E-state index in [-0.39, 0.29) is 13.0 Å². The minimum Gasteiger partial charge on any atom is -0.481 e. The molecule has 0 unspecified atom stereocenters. The summed E-state index contributed by atoms with van der Waals surface area (Å²) in [5.74, 6) is 0.394. The Balaban J connectivity index is 2.13. The predicted molar refractivity (Wildman–Crippen MR) is 60.3 cm³/mol. The van der Waals surface area contributed by atoms with Crippen molar-refractivity contribution in [3.8, 4) is 5.88 Å². The normalized spacial score (nSPS) is 21.2. The molecule has 0 amide bonds. The van der Waals surface area contributed by atoms with E-state index in [9.17, 15) is 13.2 Å². The van der Waals surface area contributed by atoms with Crippen molar-refractivity contribution in [3.05, 3.63) is 23.9 Å². The zero-order valence-corrected chi connectivity index (χ0v) is 10.1. The van der Waals surface area contributed by atoms with Crippen LogP contribution in [0.4, 0.5) is 13.2 Å². The summed E-state index contributed by atoms with van der Waals surface area (Å²) in [6.07, 6.45) is -1.85. The molecule has 6 heteroatoms. The molecule has 3 nitrogen and oxygen atoms in total. The van der Waals surface area contributed by atoms with Crippen LogP contribution in [0.5, 0.6) is 5.88 Å². The lowest BCUT2D eigenvalue weighted by molar-refractivity contribution is -0.177. The first-order chi connectivity index (χ1) is 8.52. The molecular weight excluding hydrogens is 245 g/mol. The zero-order chi connectivity index (χ0) is 13.2. The summed E-state index contributed by atoms with van der Waals surface area (Å²) in [5, 5.41) is 0. The largest absolute Gasteiger partial charge is 0.481 e. The second-order valence-corrected chi connectivity index (χ2v) is 4.34.